The number of benzene rings is 1. The highest BCUT2D eigenvalue weighted by Crippen LogP contribution is 2.29. The van der Waals surface area contributed by atoms with Crippen molar-refractivity contribution in [3.05, 3.63) is 108 Å². The summed E-state index contributed by atoms with van der Waals surface area (Å²) < 4.78 is 14.4. The van der Waals surface area contributed by atoms with E-state index in [1.807, 2.05) is 48.7 Å². The minimum Gasteiger partial charge on any atom is -0.345 e. The largest absolute Gasteiger partial charge is 0.345 e. The third-order valence-electron chi connectivity index (χ3n) is 4.86. The minimum atomic E-state index is -0.298. The first-order valence-electron chi connectivity index (χ1n) is 9.71. The third kappa shape index (κ3) is 4.76. The average Bonchev–Trinajstić information content (AvgIpc) is 3.25. The van der Waals surface area contributed by atoms with E-state index in [-0.39, 0.29) is 11.9 Å². The highest BCUT2D eigenvalue weighted by atomic mass is 19.1. The summed E-state index contributed by atoms with van der Waals surface area (Å²) in [5, 5.41) is 3.24. The van der Waals surface area contributed by atoms with Crippen LogP contribution in [0.5, 0.6) is 0 Å². The van der Waals surface area contributed by atoms with E-state index in [1.54, 1.807) is 12.3 Å². The average molecular weight is 386 g/mol. The molecule has 4 rings (SSSR count). The van der Waals surface area contributed by atoms with Gasteiger partial charge in [0, 0.05) is 24.2 Å². The van der Waals surface area contributed by atoms with Crippen LogP contribution in [0, 0.1) is 0 Å². The van der Waals surface area contributed by atoms with Crippen molar-refractivity contribution in [2.45, 2.75) is 25.3 Å². The first-order chi connectivity index (χ1) is 14.2. The fourth-order valence-corrected chi connectivity index (χ4v) is 3.32. The lowest BCUT2D eigenvalue weighted by molar-refractivity contribution is 0.648. The fraction of sp³-hybridized carbons (Fsp3) is 0.167. The van der Waals surface area contributed by atoms with Crippen molar-refractivity contribution in [2.75, 3.05) is 5.32 Å². The Morgan fingerprint density at radius 3 is 2.90 bits per heavy atom. The maximum Gasteiger partial charge on any atom is 0.152 e. The molecule has 0 spiro atoms. The SMILES string of the molecule is NC1C=C(c2cnc(N/C=C\C3=CC=CC3)c(Cc3ccccc3)n2)C(F)=CC1. The zero-order chi connectivity index (χ0) is 20.1. The van der Waals surface area contributed by atoms with E-state index in [2.05, 4.69) is 22.5 Å². The van der Waals surface area contributed by atoms with Crippen molar-refractivity contribution >= 4 is 11.4 Å². The molecule has 146 valence electrons. The highest BCUT2D eigenvalue weighted by Gasteiger charge is 2.18. The predicted octanol–water partition coefficient (Wildman–Crippen LogP) is 4.85. The zero-order valence-corrected chi connectivity index (χ0v) is 16.1. The molecule has 0 radical (unpaired) electrons. The summed E-state index contributed by atoms with van der Waals surface area (Å²) in [6.45, 7) is 0. The van der Waals surface area contributed by atoms with Gasteiger partial charge in [-0.15, -0.1) is 0 Å². The first-order valence-corrected chi connectivity index (χ1v) is 9.71. The van der Waals surface area contributed by atoms with Gasteiger partial charge in [-0.3, -0.25) is 0 Å². The summed E-state index contributed by atoms with van der Waals surface area (Å²) >= 11 is 0. The fourth-order valence-electron chi connectivity index (χ4n) is 3.32. The number of nitrogens with one attached hydrogen (secondary N) is 1. The molecule has 0 saturated carbocycles. The van der Waals surface area contributed by atoms with Gasteiger partial charge in [0.05, 0.1) is 17.6 Å². The quantitative estimate of drug-likeness (QED) is 0.745. The molecule has 1 heterocycles. The van der Waals surface area contributed by atoms with Crippen molar-refractivity contribution < 1.29 is 4.39 Å². The Hall–Kier alpha value is -3.31. The van der Waals surface area contributed by atoms with Crippen LogP contribution < -0.4 is 11.1 Å². The minimum absolute atomic E-state index is 0.210. The molecule has 3 N–H and O–H groups in total. The lowest BCUT2D eigenvalue weighted by Crippen LogP contribution is -2.19. The van der Waals surface area contributed by atoms with Crippen LogP contribution in [0.2, 0.25) is 0 Å². The lowest BCUT2D eigenvalue weighted by Gasteiger charge is -2.16. The van der Waals surface area contributed by atoms with Crippen molar-refractivity contribution in [2.24, 2.45) is 5.73 Å². The molecule has 2 aromatic rings. The Morgan fingerprint density at radius 1 is 1.24 bits per heavy atom. The molecule has 1 unspecified atom stereocenters. The summed E-state index contributed by atoms with van der Waals surface area (Å²) in [6.07, 6.45) is 17.0. The lowest BCUT2D eigenvalue weighted by atomic mass is 10.00. The molecule has 5 heteroatoms. The van der Waals surface area contributed by atoms with Gasteiger partial charge in [0.1, 0.15) is 5.83 Å². The number of halogens is 1. The topological polar surface area (TPSA) is 63.8 Å². The zero-order valence-electron chi connectivity index (χ0n) is 16.1. The predicted molar refractivity (Wildman–Crippen MR) is 116 cm³/mol. The van der Waals surface area contributed by atoms with Gasteiger partial charge in [0.15, 0.2) is 5.82 Å². The Morgan fingerprint density at radius 2 is 2.10 bits per heavy atom. The van der Waals surface area contributed by atoms with Crippen molar-refractivity contribution in [1.82, 2.24) is 9.97 Å². The van der Waals surface area contributed by atoms with Gasteiger partial charge < -0.3 is 11.1 Å². The third-order valence-corrected chi connectivity index (χ3v) is 4.86. The van der Waals surface area contributed by atoms with Crippen LogP contribution in [0.3, 0.4) is 0 Å². The van der Waals surface area contributed by atoms with E-state index in [1.165, 1.54) is 11.6 Å². The Labute approximate surface area is 170 Å². The normalized spacial score (nSPS) is 18.6. The summed E-state index contributed by atoms with van der Waals surface area (Å²) in [4.78, 5) is 9.27. The number of allylic oxidation sites excluding steroid dienone is 7. The Kier molecular flexibility index (Phi) is 5.77. The van der Waals surface area contributed by atoms with Gasteiger partial charge in [-0.2, -0.15) is 0 Å². The summed E-state index contributed by atoms with van der Waals surface area (Å²) in [5.74, 6) is 0.360. The smallest absolute Gasteiger partial charge is 0.152 e. The molecule has 2 aliphatic carbocycles. The van der Waals surface area contributed by atoms with Crippen molar-refractivity contribution in [3.8, 4) is 0 Å². The maximum atomic E-state index is 14.4. The molecule has 0 saturated heterocycles. The van der Waals surface area contributed by atoms with E-state index < -0.39 is 0 Å². The van der Waals surface area contributed by atoms with E-state index in [9.17, 15) is 4.39 Å². The van der Waals surface area contributed by atoms with Crippen LogP contribution in [0.15, 0.2) is 90.6 Å². The van der Waals surface area contributed by atoms with Crippen LogP contribution in [-0.4, -0.2) is 16.0 Å². The maximum absolute atomic E-state index is 14.4. The van der Waals surface area contributed by atoms with Gasteiger partial charge in [-0.1, -0.05) is 54.6 Å². The number of nitrogens with two attached hydrogens (primary N) is 1. The van der Waals surface area contributed by atoms with Gasteiger partial charge in [-0.05, 0) is 36.1 Å². The van der Waals surface area contributed by atoms with Gasteiger partial charge >= 0.3 is 0 Å². The van der Waals surface area contributed by atoms with Crippen LogP contribution in [-0.2, 0) is 6.42 Å². The van der Waals surface area contributed by atoms with Crippen LogP contribution in [0.4, 0.5) is 10.2 Å². The summed E-state index contributed by atoms with van der Waals surface area (Å²) in [5.41, 5.74) is 9.97. The van der Waals surface area contributed by atoms with Gasteiger partial charge in [0.25, 0.3) is 0 Å². The van der Waals surface area contributed by atoms with Gasteiger partial charge in [0.2, 0.25) is 0 Å². The van der Waals surface area contributed by atoms with E-state index >= 15 is 0 Å². The number of rotatable bonds is 6. The van der Waals surface area contributed by atoms with Crippen LogP contribution in [0.1, 0.15) is 29.8 Å². The molecule has 1 atom stereocenters. The van der Waals surface area contributed by atoms with E-state index in [0.717, 1.165) is 17.7 Å². The number of nitrogens with zero attached hydrogens (tertiary/aromatic N) is 2. The van der Waals surface area contributed by atoms with Gasteiger partial charge in [-0.25, -0.2) is 14.4 Å². The second kappa shape index (κ2) is 8.80. The van der Waals surface area contributed by atoms with E-state index in [0.29, 0.717) is 29.9 Å². The molecule has 4 nitrogen and oxygen atoms in total. The summed E-state index contributed by atoms with van der Waals surface area (Å²) in [6, 6.07) is 9.83. The number of aromatic nitrogens is 2. The molecule has 29 heavy (non-hydrogen) atoms. The molecule has 0 aliphatic heterocycles. The second-order valence-corrected chi connectivity index (χ2v) is 7.10. The number of anilines is 1. The summed E-state index contributed by atoms with van der Waals surface area (Å²) in [7, 11) is 0. The number of hydrogen-bond donors (Lipinski definition) is 2. The molecule has 2 aliphatic rings. The number of hydrogen-bond acceptors (Lipinski definition) is 4. The Balaban J connectivity index is 1.64. The molecule has 0 amide bonds. The molecule has 1 aromatic carbocycles. The highest BCUT2D eigenvalue weighted by molar-refractivity contribution is 5.76. The molecule has 0 fully saturated rings. The van der Waals surface area contributed by atoms with Crippen LogP contribution in [0.25, 0.3) is 5.57 Å². The van der Waals surface area contributed by atoms with E-state index in [4.69, 9.17) is 10.7 Å². The van der Waals surface area contributed by atoms with Crippen molar-refractivity contribution in [3.63, 3.8) is 0 Å². The molecular formula is C24H23FN4. The molecule has 0 bridgehead atoms. The first kappa shape index (κ1) is 19.0. The molecular weight excluding hydrogens is 363 g/mol. The van der Waals surface area contributed by atoms with Crippen LogP contribution >= 0.6 is 0 Å². The van der Waals surface area contributed by atoms with Crippen molar-refractivity contribution in [1.29, 1.82) is 0 Å². The Bertz CT molecular complexity index is 1030. The standard InChI is InChI=1S/C24H23FN4/c25-21-11-10-19(26)15-20(21)23-16-28-24(27-13-12-17-6-4-5-7-17)22(29-23)14-18-8-2-1-3-9-18/h1-6,8-9,11-13,15-16,19H,7,10,14,26H2,(H,27,28)/b13-12-. The molecule has 1 aromatic heterocycles. The monoisotopic (exact) mass is 386 g/mol. The second-order valence-electron chi connectivity index (χ2n) is 7.10.